The standard InChI is InChI=1S/C17H26O2S/c1-7-8-9-18-15-10-12(2)16(13(3)11-15)19-14(4)17(5,6)20/h7-8,10-11,14,20H,9H2,1-6H3/b8-7+. The Morgan fingerprint density at radius 1 is 1.25 bits per heavy atom. The third-order valence-corrected chi connectivity index (χ3v) is 3.67. The molecule has 2 nitrogen and oxygen atoms in total. The van der Waals surface area contributed by atoms with Crippen molar-refractivity contribution in [2.45, 2.75) is 52.4 Å². The summed E-state index contributed by atoms with van der Waals surface area (Å²) >= 11 is 4.57. The molecule has 0 spiro atoms. The van der Waals surface area contributed by atoms with E-state index in [4.69, 9.17) is 9.47 Å². The predicted octanol–water partition coefficient (Wildman–Crippen LogP) is 4.73. The van der Waals surface area contributed by atoms with Gasteiger partial charge in [-0.25, -0.2) is 0 Å². The summed E-state index contributed by atoms with van der Waals surface area (Å²) in [5.41, 5.74) is 2.18. The van der Waals surface area contributed by atoms with Crippen LogP contribution in [-0.2, 0) is 0 Å². The van der Waals surface area contributed by atoms with Crippen LogP contribution in [0.5, 0.6) is 11.5 Å². The number of thiol groups is 1. The molecular formula is C17H26O2S. The van der Waals surface area contributed by atoms with Crippen LogP contribution in [0.25, 0.3) is 0 Å². The zero-order valence-corrected chi connectivity index (χ0v) is 14.3. The van der Waals surface area contributed by atoms with Crippen LogP contribution < -0.4 is 9.47 Å². The van der Waals surface area contributed by atoms with Crippen LogP contribution >= 0.6 is 12.6 Å². The molecule has 0 fully saturated rings. The SMILES string of the molecule is C/C=C/COc1cc(C)c(OC(C)C(C)(C)S)c(C)c1. The Kier molecular flexibility index (Phi) is 6.00. The number of rotatable bonds is 6. The molecule has 0 heterocycles. The predicted molar refractivity (Wildman–Crippen MR) is 89.4 cm³/mol. The van der Waals surface area contributed by atoms with Gasteiger partial charge in [-0.3, -0.25) is 0 Å². The Balaban J connectivity index is 2.89. The molecule has 0 radical (unpaired) electrons. The van der Waals surface area contributed by atoms with Crippen LogP contribution in [0.4, 0.5) is 0 Å². The van der Waals surface area contributed by atoms with Gasteiger partial charge < -0.3 is 9.47 Å². The van der Waals surface area contributed by atoms with Gasteiger partial charge in [0.1, 0.15) is 24.2 Å². The van der Waals surface area contributed by atoms with E-state index >= 15 is 0 Å². The normalized spacial score (nSPS) is 13.6. The largest absolute Gasteiger partial charge is 0.490 e. The van der Waals surface area contributed by atoms with Crippen molar-refractivity contribution < 1.29 is 9.47 Å². The molecule has 0 saturated heterocycles. The Bertz CT molecular complexity index is 449. The molecule has 1 rings (SSSR count). The summed E-state index contributed by atoms with van der Waals surface area (Å²) in [4.78, 5) is 0. The maximum atomic E-state index is 6.08. The van der Waals surface area contributed by atoms with E-state index < -0.39 is 0 Å². The van der Waals surface area contributed by atoms with Crippen LogP contribution in [0.3, 0.4) is 0 Å². The molecule has 0 saturated carbocycles. The zero-order valence-electron chi connectivity index (χ0n) is 13.4. The van der Waals surface area contributed by atoms with E-state index in [0.29, 0.717) is 6.61 Å². The first-order valence-electron chi connectivity index (χ1n) is 7.00. The Hall–Kier alpha value is -1.09. The number of allylic oxidation sites excluding steroid dienone is 1. The van der Waals surface area contributed by atoms with Gasteiger partial charge in [-0.1, -0.05) is 12.2 Å². The first-order valence-corrected chi connectivity index (χ1v) is 7.44. The Morgan fingerprint density at radius 2 is 1.80 bits per heavy atom. The summed E-state index contributed by atoms with van der Waals surface area (Å²) < 4.78 is 11.6. The number of hydrogen-bond acceptors (Lipinski definition) is 3. The van der Waals surface area contributed by atoms with Crippen LogP contribution in [0.1, 0.15) is 38.8 Å². The molecule has 0 aliphatic rings. The summed E-state index contributed by atoms with van der Waals surface area (Å²) in [5, 5.41) is 0. The van der Waals surface area contributed by atoms with Crippen molar-refractivity contribution in [1.82, 2.24) is 0 Å². The maximum Gasteiger partial charge on any atom is 0.125 e. The van der Waals surface area contributed by atoms with E-state index in [2.05, 4.69) is 26.5 Å². The zero-order chi connectivity index (χ0) is 15.3. The van der Waals surface area contributed by atoms with E-state index in [1.807, 2.05) is 52.0 Å². The molecule has 1 aromatic carbocycles. The molecule has 1 atom stereocenters. The van der Waals surface area contributed by atoms with Gasteiger partial charge in [0.25, 0.3) is 0 Å². The number of aryl methyl sites for hydroxylation is 2. The first-order chi connectivity index (χ1) is 9.25. The van der Waals surface area contributed by atoms with E-state index in [-0.39, 0.29) is 10.9 Å². The molecule has 1 unspecified atom stereocenters. The lowest BCUT2D eigenvalue weighted by Crippen LogP contribution is -2.33. The highest BCUT2D eigenvalue weighted by Crippen LogP contribution is 2.31. The summed E-state index contributed by atoms with van der Waals surface area (Å²) in [6.07, 6.45) is 3.99. The van der Waals surface area contributed by atoms with Gasteiger partial charge in [0, 0.05) is 4.75 Å². The number of ether oxygens (including phenoxy) is 2. The molecular weight excluding hydrogens is 268 g/mol. The van der Waals surface area contributed by atoms with Crippen LogP contribution in [0.2, 0.25) is 0 Å². The van der Waals surface area contributed by atoms with Gasteiger partial charge in [-0.05, 0) is 64.8 Å². The highest BCUT2D eigenvalue weighted by molar-refractivity contribution is 7.81. The Morgan fingerprint density at radius 3 is 2.25 bits per heavy atom. The Labute approximate surface area is 128 Å². The van der Waals surface area contributed by atoms with Gasteiger partial charge in [-0.15, -0.1) is 0 Å². The fourth-order valence-electron chi connectivity index (χ4n) is 1.74. The minimum atomic E-state index is -0.181. The van der Waals surface area contributed by atoms with Crippen molar-refractivity contribution in [2.24, 2.45) is 0 Å². The highest BCUT2D eigenvalue weighted by atomic mass is 32.1. The van der Waals surface area contributed by atoms with Crippen LogP contribution in [0.15, 0.2) is 24.3 Å². The summed E-state index contributed by atoms with van der Waals surface area (Å²) in [6.45, 7) is 12.8. The monoisotopic (exact) mass is 294 g/mol. The molecule has 3 heteroatoms. The van der Waals surface area contributed by atoms with Gasteiger partial charge in [0.15, 0.2) is 0 Å². The second-order valence-electron chi connectivity index (χ2n) is 5.68. The van der Waals surface area contributed by atoms with E-state index in [1.165, 1.54) is 0 Å². The lowest BCUT2D eigenvalue weighted by atomic mass is 10.1. The molecule has 0 N–H and O–H groups in total. The second kappa shape index (κ2) is 7.07. The summed E-state index contributed by atoms with van der Waals surface area (Å²) in [6, 6.07) is 4.04. The molecule has 0 bridgehead atoms. The first kappa shape index (κ1) is 17.0. The van der Waals surface area contributed by atoms with Crippen molar-refractivity contribution in [3.8, 4) is 11.5 Å². The van der Waals surface area contributed by atoms with E-state index in [9.17, 15) is 0 Å². The summed E-state index contributed by atoms with van der Waals surface area (Å²) in [5.74, 6) is 1.81. The van der Waals surface area contributed by atoms with Crippen molar-refractivity contribution in [3.63, 3.8) is 0 Å². The lowest BCUT2D eigenvalue weighted by Gasteiger charge is -2.28. The van der Waals surface area contributed by atoms with Gasteiger partial charge in [-0.2, -0.15) is 12.6 Å². The average molecular weight is 294 g/mol. The van der Waals surface area contributed by atoms with Crippen molar-refractivity contribution in [2.75, 3.05) is 6.61 Å². The fraction of sp³-hybridized carbons (Fsp3) is 0.529. The van der Waals surface area contributed by atoms with Crippen LogP contribution in [-0.4, -0.2) is 17.5 Å². The topological polar surface area (TPSA) is 18.5 Å². The van der Waals surface area contributed by atoms with Gasteiger partial charge >= 0.3 is 0 Å². The molecule has 20 heavy (non-hydrogen) atoms. The van der Waals surface area contributed by atoms with Crippen molar-refractivity contribution in [1.29, 1.82) is 0 Å². The van der Waals surface area contributed by atoms with Crippen molar-refractivity contribution >= 4 is 12.6 Å². The summed E-state index contributed by atoms with van der Waals surface area (Å²) in [7, 11) is 0. The molecule has 0 aliphatic carbocycles. The van der Waals surface area contributed by atoms with Gasteiger partial charge in [0.2, 0.25) is 0 Å². The minimum absolute atomic E-state index is 0.0260. The third-order valence-electron chi connectivity index (χ3n) is 3.31. The average Bonchev–Trinajstić information content (AvgIpc) is 2.32. The quantitative estimate of drug-likeness (QED) is 0.604. The molecule has 0 aromatic heterocycles. The van der Waals surface area contributed by atoms with E-state index in [0.717, 1.165) is 22.6 Å². The van der Waals surface area contributed by atoms with Gasteiger partial charge in [0.05, 0.1) is 0 Å². The maximum absolute atomic E-state index is 6.08. The molecule has 0 amide bonds. The lowest BCUT2D eigenvalue weighted by molar-refractivity contribution is 0.186. The van der Waals surface area contributed by atoms with E-state index in [1.54, 1.807) is 0 Å². The fourth-order valence-corrected chi connectivity index (χ4v) is 1.79. The molecule has 0 aliphatic heterocycles. The number of hydrogen-bond donors (Lipinski definition) is 1. The highest BCUT2D eigenvalue weighted by Gasteiger charge is 2.24. The van der Waals surface area contributed by atoms with Crippen molar-refractivity contribution in [3.05, 3.63) is 35.4 Å². The molecule has 1 aromatic rings. The van der Waals surface area contributed by atoms with Crippen LogP contribution in [0, 0.1) is 13.8 Å². The molecule has 112 valence electrons. The second-order valence-corrected chi connectivity index (χ2v) is 6.83. The smallest absolute Gasteiger partial charge is 0.125 e. The minimum Gasteiger partial charge on any atom is -0.490 e. The third kappa shape index (κ3) is 4.78. The number of benzene rings is 1.